The molecule has 18 heavy (non-hydrogen) atoms. The van der Waals surface area contributed by atoms with Gasteiger partial charge in [-0.25, -0.2) is 4.79 Å². The lowest BCUT2D eigenvalue weighted by atomic mass is 10.2. The second-order valence-electron chi connectivity index (χ2n) is 4.02. The quantitative estimate of drug-likeness (QED) is 0.693. The first kappa shape index (κ1) is 12.4. The summed E-state index contributed by atoms with van der Waals surface area (Å²) < 4.78 is 4.87. The topological polar surface area (TPSA) is 101 Å². The van der Waals surface area contributed by atoms with Gasteiger partial charge in [0.15, 0.2) is 5.58 Å². The van der Waals surface area contributed by atoms with Crippen molar-refractivity contribution in [2.24, 2.45) is 5.73 Å². The lowest BCUT2D eigenvalue weighted by Crippen LogP contribution is -2.11. The Hall–Kier alpha value is -2.08. The van der Waals surface area contributed by atoms with Crippen LogP contribution in [0.1, 0.15) is 19.3 Å². The highest BCUT2D eigenvalue weighted by Crippen LogP contribution is 2.16. The van der Waals surface area contributed by atoms with Crippen molar-refractivity contribution in [2.75, 3.05) is 11.9 Å². The minimum absolute atomic E-state index is 0.0614. The van der Waals surface area contributed by atoms with E-state index in [9.17, 15) is 9.59 Å². The molecular formula is C12H15N3O3. The molecule has 0 spiro atoms. The van der Waals surface area contributed by atoms with E-state index in [1.54, 1.807) is 18.2 Å². The van der Waals surface area contributed by atoms with Crippen molar-refractivity contribution in [3.05, 3.63) is 28.7 Å². The number of nitrogens with two attached hydrogens (primary N) is 1. The molecule has 0 aliphatic carbocycles. The summed E-state index contributed by atoms with van der Waals surface area (Å²) in [5, 5.41) is 2.76. The molecule has 0 unspecified atom stereocenters. The van der Waals surface area contributed by atoms with E-state index >= 15 is 0 Å². The van der Waals surface area contributed by atoms with Gasteiger partial charge in [-0.3, -0.25) is 9.78 Å². The number of hydrogen-bond donors (Lipinski definition) is 3. The van der Waals surface area contributed by atoms with Gasteiger partial charge in [0.2, 0.25) is 5.91 Å². The molecule has 0 saturated carbocycles. The zero-order valence-electron chi connectivity index (χ0n) is 9.86. The molecule has 4 N–H and O–H groups in total. The number of oxazole rings is 1. The highest BCUT2D eigenvalue weighted by molar-refractivity contribution is 5.92. The SMILES string of the molecule is NCCCCC(=O)Nc1ccc2oc(=O)[nH]c2c1. The van der Waals surface area contributed by atoms with Crippen LogP contribution in [-0.2, 0) is 4.79 Å². The molecule has 1 amide bonds. The number of benzene rings is 1. The van der Waals surface area contributed by atoms with Gasteiger partial charge in [0.1, 0.15) is 0 Å². The van der Waals surface area contributed by atoms with Gasteiger partial charge < -0.3 is 15.5 Å². The number of anilines is 1. The second kappa shape index (κ2) is 5.50. The molecule has 0 fully saturated rings. The Labute approximate surface area is 103 Å². The Bertz CT molecular complexity index is 600. The average molecular weight is 249 g/mol. The van der Waals surface area contributed by atoms with Gasteiger partial charge in [-0.05, 0) is 37.6 Å². The number of aromatic nitrogens is 1. The lowest BCUT2D eigenvalue weighted by molar-refractivity contribution is -0.116. The minimum atomic E-state index is -0.503. The highest BCUT2D eigenvalue weighted by atomic mass is 16.4. The number of carbonyl (C=O) groups is 1. The summed E-state index contributed by atoms with van der Waals surface area (Å²) in [6.07, 6.45) is 2.05. The summed E-state index contributed by atoms with van der Waals surface area (Å²) in [7, 11) is 0. The Morgan fingerprint density at radius 2 is 2.22 bits per heavy atom. The number of amides is 1. The van der Waals surface area contributed by atoms with Crippen LogP contribution in [0.3, 0.4) is 0 Å². The summed E-state index contributed by atoms with van der Waals surface area (Å²) >= 11 is 0. The molecule has 2 aromatic rings. The fourth-order valence-electron chi connectivity index (χ4n) is 1.68. The molecule has 0 radical (unpaired) electrons. The largest absolute Gasteiger partial charge is 0.417 e. The van der Waals surface area contributed by atoms with Crippen LogP contribution in [0.4, 0.5) is 5.69 Å². The van der Waals surface area contributed by atoms with E-state index < -0.39 is 5.76 Å². The Morgan fingerprint density at radius 3 is 3.00 bits per heavy atom. The summed E-state index contributed by atoms with van der Waals surface area (Å²) in [5.41, 5.74) is 7.03. The fourth-order valence-corrected chi connectivity index (χ4v) is 1.68. The monoisotopic (exact) mass is 249 g/mol. The maximum absolute atomic E-state index is 11.6. The van der Waals surface area contributed by atoms with E-state index in [-0.39, 0.29) is 5.91 Å². The van der Waals surface area contributed by atoms with Crippen LogP contribution in [0, 0.1) is 0 Å². The summed E-state index contributed by atoms with van der Waals surface area (Å²) in [6, 6.07) is 5.00. The molecule has 0 atom stereocenters. The molecule has 1 heterocycles. The van der Waals surface area contributed by atoms with Gasteiger partial charge in [0.25, 0.3) is 0 Å². The maximum Gasteiger partial charge on any atom is 0.417 e. The van der Waals surface area contributed by atoms with Crippen molar-refractivity contribution in [2.45, 2.75) is 19.3 Å². The Balaban J connectivity index is 2.02. The van der Waals surface area contributed by atoms with Gasteiger partial charge in [-0.2, -0.15) is 0 Å². The standard InChI is InChI=1S/C12H15N3O3/c13-6-2-1-3-11(16)14-8-4-5-10-9(7-8)15-12(17)18-10/h4-5,7H,1-3,6,13H2,(H,14,16)(H,15,17). The molecule has 6 heteroatoms. The Kier molecular flexibility index (Phi) is 3.78. The van der Waals surface area contributed by atoms with Crippen LogP contribution < -0.4 is 16.8 Å². The van der Waals surface area contributed by atoms with Gasteiger partial charge >= 0.3 is 5.76 Å². The number of aromatic amines is 1. The first-order chi connectivity index (χ1) is 8.69. The van der Waals surface area contributed by atoms with Crippen LogP contribution in [0.25, 0.3) is 11.1 Å². The number of H-pyrrole nitrogens is 1. The molecule has 0 saturated heterocycles. The fraction of sp³-hybridized carbons (Fsp3) is 0.333. The Morgan fingerprint density at radius 1 is 1.39 bits per heavy atom. The van der Waals surface area contributed by atoms with E-state index in [0.717, 1.165) is 12.8 Å². The first-order valence-electron chi connectivity index (χ1n) is 5.82. The van der Waals surface area contributed by atoms with Gasteiger partial charge in [-0.15, -0.1) is 0 Å². The van der Waals surface area contributed by atoms with Crippen LogP contribution >= 0.6 is 0 Å². The van der Waals surface area contributed by atoms with E-state index in [1.165, 1.54) is 0 Å². The van der Waals surface area contributed by atoms with Crippen molar-refractivity contribution in [1.82, 2.24) is 4.98 Å². The molecule has 6 nitrogen and oxygen atoms in total. The molecule has 0 aliphatic heterocycles. The minimum Gasteiger partial charge on any atom is -0.408 e. The number of hydrogen-bond acceptors (Lipinski definition) is 4. The summed E-state index contributed by atoms with van der Waals surface area (Å²) in [6.45, 7) is 0.593. The number of fused-ring (bicyclic) bond motifs is 1. The van der Waals surface area contributed by atoms with E-state index in [4.69, 9.17) is 10.2 Å². The smallest absolute Gasteiger partial charge is 0.408 e. The molecule has 96 valence electrons. The predicted octanol–water partition coefficient (Wildman–Crippen LogP) is 1.19. The zero-order valence-corrected chi connectivity index (χ0v) is 9.86. The molecule has 1 aromatic carbocycles. The number of unbranched alkanes of at least 4 members (excludes halogenated alkanes) is 1. The van der Waals surface area contributed by atoms with Gasteiger partial charge in [0, 0.05) is 12.1 Å². The molecular weight excluding hydrogens is 234 g/mol. The number of nitrogens with one attached hydrogen (secondary N) is 2. The van der Waals surface area contributed by atoms with Crippen molar-refractivity contribution in [1.29, 1.82) is 0 Å². The average Bonchev–Trinajstić information content (AvgIpc) is 2.69. The highest BCUT2D eigenvalue weighted by Gasteiger charge is 2.05. The van der Waals surface area contributed by atoms with Crippen molar-refractivity contribution in [3.8, 4) is 0 Å². The van der Waals surface area contributed by atoms with E-state index in [1.807, 2.05) is 0 Å². The predicted molar refractivity (Wildman–Crippen MR) is 68.4 cm³/mol. The maximum atomic E-state index is 11.6. The molecule has 1 aromatic heterocycles. The third-order valence-electron chi connectivity index (χ3n) is 2.56. The molecule has 0 bridgehead atoms. The molecule has 2 rings (SSSR count). The van der Waals surface area contributed by atoms with Crippen molar-refractivity contribution < 1.29 is 9.21 Å². The van der Waals surface area contributed by atoms with Crippen LogP contribution in [-0.4, -0.2) is 17.4 Å². The van der Waals surface area contributed by atoms with Crippen LogP contribution in [0.15, 0.2) is 27.4 Å². The summed E-state index contributed by atoms with van der Waals surface area (Å²) in [4.78, 5) is 25.1. The van der Waals surface area contributed by atoms with E-state index in [2.05, 4.69) is 10.3 Å². The zero-order chi connectivity index (χ0) is 13.0. The van der Waals surface area contributed by atoms with Crippen molar-refractivity contribution >= 4 is 22.7 Å². The van der Waals surface area contributed by atoms with Gasteiger partial charge in [0.05, 0.1) is 5.52 Å². The number of carbonyl (C=O) groups excluding carboxylic acids is 1. The molecule has 0 aliphatic rings. The third-order valence-corrected chi connectivity index (χ3v) is 2.56. The van der Waals surface area contributed by atoms with E-state index in [0.29, 0.717) is 29.8 Å². The van der Waals surface area contributed by atoms with Gasteiger partial charge in [-0.1, -0.05) is 0 Å². The van der Waals surface area contributed by atoms with Crippen molar-refractivity contribution in [3.63, 3.8) is 0 Å². The third kappa shape index (κ3) is 2.98. The summed E-state index contributed by atoms with van der Waals surface area (Å²) in [5.74, 6) is -0.565. The normalized spacial score (nSPS) is 10.7. The lowest BCUT2D eigenvalue weighted by Gasteiger charge is -2.04. The van der Waals surface area contributed by atoms with Crippen LogP contribution in [0.5, 0.6) is 0 Å². The first-order valence-corrected chi connectivity index (χ1v) is 5.82. The second-order valence-corrected chi connectivity index (χ2v) is 4.02. The number of rotatable bonds is 5. The van der Waals surface area contributed by atoms with Crippen LogP contribution in [0.2, 0.25) is 0 Å².